The number of carbonyl (C=O) groups excluding carboxylic acids is 1. The average Bonchev–Trinajstić information content (AvgIpc) is 2.46. The predicted molar refractivity (Wildman–Crippen MR) is 81.6 cm³/mol. The van der Waals surface area contributed by atoms with E-state index in [2.05, 4.69) is 9.97 Å². The van der Waals surface area contributed by atoms with Gasteiger partial charge >= 0.3 is 5.97 Å². The number of rotatable bonds is 4. The minimum atomic E-state index is -0.937. The maximum absolute atomic E-state index is 14.3. The van der Waals surface area contributed by atoms with E-state index in [0.29, 0.717) is 5.69 Å². The molecule has 0 aliphatic rings. The molecule has 0 aromatic carbocycles. The van der Waals surface area contributed by atoms with Crippen LogP contribution in [-0.2, 0) is 9.53 Å². The summed E-state index contributed by atoms with van der Waals surface area (Å²) in [5.41, 5.74) is 6.35. The minimum absolute atomic E-state index is 0.0188. The maximum Gasteiger partial charge on any atom is 0.313 e. The van der Waals surface area contributed by atoms with E-state index in [0.717, 1.165) is 6.20 Å². The monoisotopic (exact) mass is 321 g/mol. The summed E-state index contributed by atoms with van der Waals surface area (Å²) in [6.45, 7) is 4.88. The summed E-state index contributed by atoms with van der Waals surface area (Å²) in [6, 6.07) is 1.47. The Morgan fingerprint density at radius 2 is 2.09 bits per heavy atom. The number of aromatic nitrogens is 2. The van der Waals surface area contributed by atoms with E-state index in [1.165, 1.54) is 19.2 Å². The first-order chi connectivity index (χ1) is 10.9. The van der Waals surface area contributed by atoms with Gasteiger partial charge in [-0.3, -0.25) is 9.78 Å². The first-order valence-electron chi connectivity index (χ1n) is 7.09. The van der Waals surface area contributed by atoms with Crippen LogP contribution in [0.3, 0.4) is 0 Å². The van der Waals surface area contributed by atoms with E-state index < -0.39 is 23.7 Å². The van der Waals surface area contributed by atoms with Gasteiger partial charge in [-0.05, 0) is 26.8 Å². The molecule has 1 unspecified atom stereocenters. The molecule has 0 aliphatic heterocycles. The van der Waals surface area contributed by atoms with Crippen LogP contribution >= 0.6 is 0 Å². The zero-order valence-corrected chi connectivity index (χ0v) is 13.1. The number of anilines is 1. The molecule has 0 amide bonds. The lowest BCUT2D eigenvalue weighted by Crippen LogP contribution is -2.16. The number of esters is 1. The van der Waals surface area contributed by atoms with Gasteiger partial charge in [0.2, 0.25) is 5.95 Å². The molecule has 7 heteroatoms. The van der Waals surface area contributed by atoms with Gasteiger partial charge in [-0.25, -0.2) is 9.37 Å². The molecule has 23 heavy (non-hydrogen) atoms. The molecular weight excluding hydrogens is 304 g/mol. The summed E-state index contributed by atoms with van der Waals surface area (Å²) in [6.07, 6.45) is 2.23. The molecule has 2 aromatic rings. The highest BCUT2D eigenvalue weighted by Crippen LogP contribution is 2.35. The van der Waals surface area contributed by atoms with Crippen LogP contribution in [0.2, 0.25) is 0 Å². The molecule has 122 valence electrons. The first kappa shape index (κ1) is 16.8. The quantitative estimate of drug-likeness (QED) is 0.692. The molecule has 0 aliphatic carbocycles. The number of hydrogen-bond acceptors (Lipinski definition) is 5. The molecule has 5 nitrogen and oxygen atoms in total. The number of pyridine rings is 2. The van der Waals surface area contributed by atoms with Gasteiger partial charge in [0.05, 0.1) is 24.3 Å². The molecule has 2 N–H and O–H groups in total. The zero-order chi connectivity index (χ0) is 17.1. The van der Waals surface area contributed by atoms with Gasteiger partial charge < -0.3 is 10.5 Å². The highest BCUT2D eigenvalue weighted by molar-refractivity contribution is 5.85. The van der Waals surface area contributed by atoms with Crippen molar-refractivity contribution in [1.82, 2.24) is 9.97 Å². The summed E-state index contributed by atoms with van der Waals surface area (Å²) in [4.78, 5) is 19.4. The standard InChI is InChI=1S/C16H17F2N3O2/c1-4-23-16(22)9(3)13-10(6-20-7-11(13)17)14-12(19)5-8(2)21-15(14)18/h5-7,9H,4H2,1-3H3,(H2,19,21). The Hall–Kier alpha value is -2.57. The van der Waals surface area contributed by atoms with Crippen LogP contribution < -0.4 is 5.73 Å². The average molecular weight is 321 g/mol. The van der Waals surface area contributed by atoms with Gasteiger partial charge in [0.25, 0.3) is 0 Å². The van der Waals surface area contributed by atoms with Crippen molar-refractivity contribution >= 4 is 11.7 Å². The van der Waals surface area contributed by atoms with Crippen molar-refractivity contribution in [2.45, 2.75) is 26.7 Å². The minimum Gasteiger partial charge on any atom is -0.466 e. The second kappa shape index (κ2) is 6.68. The summed E-state index contributed by atoms with van der Waals surface area (Å²) in [7, 11) is 0. The van der Waals surface area contributed by atoms with Gasteiger partial charge in [-0.1, -0.05) is 0 Å². The molecule has 0 radical (unpaired) electrons. The third-order valence-electron chi connectivity index (χ3n) is 3.42. The van der Waals surface area contributed by atoms with E-state index in [4.69, 9.17) is 10.5 Å². The van der Waals surface area contributed by atoms with Crippen LogP contribution in [0.15, 0.2) is 18.5 Å². The lowest BCUT2D eigenvalue weighted by Gasteiger charge is -2.17. The third-order valence-corrected chi connectivity index (χ3v) is 3.42. The second-order valence-corrected chi connectivity index (χ2v) is 5.07. The van der Waals surface area contributed by atoms with Gasteiger partial charge in [-0.2, -0.15) is 4.39 Å². The van der Waals surface area contributed by atoms with Gasteiger partial charge in [0.1, 0.15) is 5.82 Å². The van der Waals surface area contributed by atoms with E-state index >= 15 is 0 Å². The number of hydrogen-bond donors (Lipinski definition) is 1. The number of aryl methyl sites for hydroxylation is 1. The molecule has 0 bridgehead atoms. The topological polar surface area (TPSA) is 78.1 Å². The Kier molecular flexibility index (Phi) is 4.88. The van der Waals surface area contributed by atoms with E-state index in [-0.39, 0.29) is 29.0 Å². The molecule has 2 heterocycles. The Morgan fingerprint density at radius 1 is 1.39 bits per heavy atom. The fourth-order valence-corrected chi connectivity index (χ4v) is 2.40. The highest BCUT2D eigenvalue weighted by Gasteiger charge is 2.27. The molecule has 2 rings (SSSR count). The molecule has 0 fully saturated rings. The molecule has 2 aromatic heterocycles. The Balaban J connectivity index is 2.66. The SMILES string of the molecule is CCOC(=O)C(C)c1c(F)cncc1-c1c(N)cc(C)nc1F. The number of nitrogens with zero attached hydrogens (tertiary/aromatic N) is 2. The molecular formula is C16H17F2N3O2. The first-order valence-corrected chi connectivity index (χ1v) is 7.09. The lowest BCUT2D eigenvalue weighted by atomic mass is 9.92. The molecule has 0 saturated carbocycles. The van der Waals surface area contributed by atoms with Crippen molar-refractivity contribution < 1.29 is 18.3 Å². The fourth-order valence-electron chi connectivity index (χ4n) is 2.40. The number of halogens is 2. The van der Waals surface area contributed by atoms with E-state index in [1.54, 1.807) is 13.8 Å². The Morgan fingerprint density at radius 3 is 2.70 bits per heavy atom. The van der Waals surface area contributed by atoms with Crippen molar-refractivity contribution in [2.75, 3.05) is 12.3 Å². The smallest absolute Gasteiger partial charge is 0.313 e. The zero-order valence-electron chi connectivity index (χ0n) is 13.1. The van der Waals surface area contributed by atoms with Crippen LogP contribution in [0.4, 0.5) is 14.5 Å². The lowest BCUT2D eigenvalue weighted by molar-refractivity contribution is -0.144. The summed E-state index contributed by atoms with van der Waals surface area (Å²) in [5.74, 6) is -3.12. The van der Waals surface area contributed by atoms with Crippen LogP contribution in [0, 0.1) is 18.7 Å². The van der Waals surface area contributed by atoms with Crippen molar-refractivity contribution in [2.24, 2.45) is 0 Å². The second-order valence-electron chi connectivity index (χ2n) is 5.07. The molecule has 0 saturated heterocycles. The summed E-state index contributed by atoms with van der Waals surface area (Å²) < 4.78 is 33.5. The molecule has 1 atom stereocenters. The predicted octanol–water partition coefficient (Wildman–Crippen LogP) is 2.98. The van der Waals surface area contributed by atoms with Crippen LogP contribution in [0.25, 0.3) is 11.1 Å². The van der Waals surface area contributed by atoms with Crippen LogP contribution in [0.1, 0.15) is 31.0 Å². The summed E-state index contributed by atoms with van der Waals surface area (Å²) >= 11 is 0. The van der Waals surface area contributed by atoms with Crippen molar-refractivity contribution in [3.63, 3.8) is 0 Å². The normalized spacial score (nSPS) is 12.0. The van der Waals surface area contributed by atoms with Crippen molar-refractivity contribution in [3.05, 3.63) is 41.5 Å². The highest BCUT2D eigenvalue weighted by atomic mass is 19.1. The van der Waals surface area contributed by atoms with Gasteiger partial charge in [0.15, 0.2) is 0 Å². The Labute approximate surface area is 132 Å². The van der Waals surface area contributed by atoms with Crippen LogP contribution in [0.5, 0.6) is 0 Å². The van der Waals surface area contributed by atoms with Crippen molar-refractivity contribution in [1.29, 1.82) is 0 Å². The van der Waals surface area contributed by atoms with Gasteiger partial charge in [-0.15, -0.1) is 0 Å². The van der Waals surface area contributed by atoms with E-state index in [9.17, 15) is 13.6 Å². The summed E-state index contributed by atoms with van der Waals surface area (Å²) in [5, 5.41) is 0. The third kappa shape index (κ3) is 3.28. The van der Waals surface area contributed by atoms with Crippen molar-refractivity contribution in [3.8, 4) is 11.1 Å². The largest absolute Gasteiger partial charge is 0.466 e. The Bertz CT molecular complexity index is 727. The van der Waals surface area contributed by atoms with Gasteiger partial charge in [0, 0.05) is 28.7 Å². The number of nitrogen functional groups attached to an aromatic ring is 1. The molecule has 0 spiro atoms. The van der Waals surface area contributed by atoms with E-state index in [1.807, 2.05) is 0 Å². The number of ether oxygens (including phenoxy) is 1. The fraction of sp³-hybridized carbons (Fsp3) is 0.312. The maximum atomic E-state index is 14.3. The number of carbonyl (C=O) groups is 1. The van der Waals surface area contributed by atoms with Crippen LogP contribution in [-0.4, -0.2) is 22.5 Å². The number of nitrogens with two attached hydrogens (primary N) is 1.